The lowest BCUT2D eigenvalue weighted by Gasteiger charge is -2.34. The molecule has 2 aliphatic carbocycles. The van der Waals surface area contributed by atoms with Crippen LogP contribution in [0.3, 0.4) is 0 Å². The third kappa shape index (κ3) is 9.65. The minimum absolute atomic E-state index is 0.0589. The molecule has 1 saturated carbocycles. The van der Waals surface area contributed by atoms with Gasteiger partial charge in [-0.2, -0.15) is 0 Å². The Balaban J connectivity index is 1.43. The number of allylic oxidation sites excluding steroid dienone is 1. The topological polar surface area (TPSA) is 168 Å². The lowest BCUT2D eigenvalue weighted by molar-refractivity contribution is -0.154. The summed E-state index contributed by atoms with van der Waals surface area (Å²) in [6, 6.07) is 4.09. The summed E-state index contributed by atoms with van der Waals surface area (Å²) in [5.74, 6) is -3.66. The number of amides is 4. The zero-order chi connectivity index (χ0) is 38.3. The Bertz CT molecular complexity index is 1730. The van der Waals surface area contributed by atoms with Crippen LogP contribution in [0.15, 0.2) is 49.6 Å². The standard InChI is InChI=1S/C40H54N4O8S/c1-5-23-40(6-2,39(49)43-53(50,51)31-21-22-31)42-36(46)33-24-30-25-44(33)37(47)35(26(3)4)41-34(45)18-10-8-7-9-13-27-14-11-15-28-19-20-29(38(48)52-30)16-12-17-32(27)28/h5-6,9,11,13-15,26,29-31,33,35H,1-2,7-8,10,12,16-25H2,3-4H3,(H,41,45)(H,42,46)(H,43,49)/b13-9+/t29?,30-,33+,35+,40-/m1/s1. The maximum Gasteiger partial charge on any atom is 0.309 e. The number of nitrogens with zero attached hydrogens (tertiary/aromatic N) is 1. The van der Waals surface area contributed by atoms with Gasteiger partial charge in [0, 0.05) is 19.3 Å². The van der Waals surface area contributed by atoms with E-state index in [1.165, 1.54) is 27.7 Å². The van der Waals surface area contributed by atoms with Crippen LogP contribution < -0.4 is 15.4 Å². The lowest BCUT2D eigenvalue weighted by atomic mass is 9.85. The van der Waals surface area contributed by atoms with Gasteiger partial charge in [-0.15, -0.1) is 13.2 Å². The summed E-state index contributed by atoms with van der Waals surface area (Å²) >= 11 is 0. The third-order valence-electron chi connectivity index (χ3n) is 10.9. The molecule has 12 nitrogen and oxygen atoms in total. The summed E-state index contributed by atoms with van der Waals surface area (Å²) in [5.41, 5.74) is 1.78. The zero-order valence-corrected chi connectivity index (χ0v) is 31.8. The fourth-order valence-electron chi connectivity index (χ4n) is 7.56. The van der Waals surface area contributed by atoms with Gasteiger partial charge in [0.15, 0.2) is 0 Å². The molecule has 6 bridgehead atoms. The first-order valence-electron chi connectivity index (χ1n) is 19.0. The first kappa shape index (κ1) is 39.9. The fourth-order valence-corrected chi connectivity index (χ4v) is 8.92. The minimum atomic E-state index is -3.97. The Kier molecular flexibility index (Phi) is 13.0. The highest BCUT2D eigenvalue weighted by Gasteiger charge is 2.48. The molecular formula is C40H54N4O8S. The van der Waals surface area contributed by atoms with Crippen molar-refractivity contribution in [3.05, 3.63) is 66.3 Å². The van der Waals surface area contributed by atoms with Gasteiger partial charge in [-0.05, 0) is 86.8 Å². The second-order valence-corrected chi connectivity index (χ2v) is 17.1. The number of hydrogen-bond acceptors (Lipinski definition) is 8. The van der Waals surface area contributed by atoms with Gasteiger partial charge in [-0.25, -0.2) is 8.42 Å². The average molecular weight is 751 g/mol. The lowest BCUT2D eigenvalue weighted by Crippen LogP contribution is -2.62. The average Bonchev–Trinajstić information content (AvgIpc) is 3.89. The van der Waals surface area contributed by atoms with Crippen molar-refractivity contribution in [1.29, 1.82) is 0 Å². The molecule has 1 aromatic carbocycles. The van der Waals surface area contributed by atoms with Gasteiger partial charge in [0.1, 0.15) is 23.7 Å². The number of hydrogen-bond donors (Lipinski definition) is 3. The van der Waals surface area contributed by atoms with Crippen molar-refractivity contribution in [2.75, 3.05) is 6.54 Å². The monoisotopic (exact) mass is 750 g/mol. The van der Waals surface area contributed by atoms with E-state index in [2.05, 4.69) is 52.8 Å². The highest BCUT2D eigenvalue weighted by Crippen LogP contribution is 2.31. The number of nitrogens with one attached hydrogen (secondary N) is 3. The third-order valence-corrected chi connectivity index (χ3v) is 12.7. The van der Waals surface area contributed by atoms with Crippen molar-refractivity contribution in [3.8, 4) is 0 Å². The molecule has 1 saturated heterocycles. The van der Waals surface area contributed by atoms with Crippen molar-refractivity contribution < 1.29 is 37.1 Å². The number of carbonyl (C=O) groups is 5. The van der Waals surface area contributed by atoms with Gasteiger partial charge in [0.2, 0.25) is 27.7 Å². The highest BCUT2D eigenvalue weighted by atomic mass is 32.2. The first-order chi connectivity index (χ1) is 25.3. The van der Waals surface area contributed by atoms with Gasteiger partial charge >= 0.3 is 5.97 Å². The quantitative estimate of drug-likeness (QED) is 0.251. The molecule has 0 spiro atoms. The van der Waals surface area contributed by atoms with Gasteiger partial charge in [-0.3, -0.25) is 28.7 Å². The van der Waals surface area contributed by atoms with Crippen molar-refractivity contribution in [2.24, 2.45) is 11.8 Å². The van der Waals surface area contributed by atoms with Crippen LogP contribution in [0.4, 0.5) is 0 Å². The van der Waals surface area contributed by atoms with E-state index < -0.39 is 56.7 Å². The summed E-state index contributed by atoms with van der Waals surface area (Å²) in [5, 5.41) is 4.86. The van der Waals surface area contributed by atoms with E-state index in [0.29, 0.717) is 38.5 Å². The van der Waals surface area contributed by atoms with E-state index in [0.717, 1.165) is 31.8 Å². The smallest absolute Gasteiger partial charge is 0.309 e. The Morgan fingerprint density at radius 1 is 1.06 bits per heavy atom. The van der Waals surface area contributed by atoms with E-state index in [9.17, 15) is 32.4 Å². The van der Waals surface area contributed by atoms with Crippen LogP contribution in [0.2, 0.25) is 0 Å². The normalized spacial score (nSPS) is 26.2. The Morgan fingerprint density at radius 2 is 1.83 bits per heavy atom. The van der Waals surface area contributed by atoms with Gasteiger partial charge in [-0.1, -0.05) is 56.4 Å². The van der Waals surface area contributed by atoms with Crippen LogP contribution in [-0.2, 0) is 51.6 Å². The number of sulfonamides is 1. The number of aryl methyl sites for hydroxylation is 1. The van der Waals surface area contributed by atoms with E-state index >= 15 is 0 Å². The molecule has 1 unspecified atom stereocenters. The first-order valence-corrected chi connectivity index (χ1v) is 20.5. The molecule has 53 heavy (non-hydrogen) atoms. The van der Waals surface area contributed by atoms with Gasteiger partial charge in [0.25, 0.3) is 5.91 Å². The number of rotatable bonds is 9. The molecule has 13 heteroatoms. The van der Waals surface area contributed by atoms with Crippen LogP contribution in [0, 0.1) is 11.8 Å². The molecule has 2 fully saturated rings. The Morgan fingerprint density at radius 3 is 2.53 bits per heavy atom. The maximum absolute atomic E-state index is 14.3. The van der Waals surface area contributed by atoms with Crippen LogP contribution in [-0.4, -0.2) is 78.4 Å². The fraction of sp³-hybridized carbons (Fsp3) is 0.575. The SMILES string of the molecule is C=CC[C@@](C=C)(NC(=O)[C@@H]1C[C@@H]2CN1C(=O)[C@H](C(C)C)NC(=O)CCCC/C=C/c1cccc3c1CCCC(CC3)C(=O)O2)C(=O)NS(=O)(=O)C1CC1. The van der Waals surface area contributed by atoms with E-state index in [4.69, 9.17) is 4.74 Å². The van der Waals surface area contributed by atoms with E-state index in [1.807, 2.05) is 6.07 Å². The molecule has 3 aliphatic heterocycles. The van der Waals surface area contributed by atoms with Gasteiger partial charge < -0.3 is 20.3 Å². The molecular weight excluding hydrogens is 697 g/mol. The summed E-state index contributed by atoms with van der Waals surface area (Å²) in [6.45, 7) is 10.9. The molecule has 3 N–H and O–H groups in total. The molecule has 3 heterocycles. The maximum atomic E-state index is 14.3. The second-order valence-electron chi connectivity index (χ2n) is 15.2. The van der Waals surface area contributed by atoms with Crippen molar-refractivity contribution in [1.82, 2.24) is 20.3 Å². The van der Waals surface area contributed by atoms with Crippen molar-refractivity contribution >= 4 is 45.7 Å². The number of carbonyl (C=O) groups excluding carboxylic acids is 5. The molecule has 288 valence electrons. The molecule has 0 radical (unpaired) electrons. The summed E-state index contributed by atoms with van der Waals surface area (Å²) in [6.07, 6.45) is 12.6. The van der Waals surface area contributed by atoms with Crippen LogP contribution >= 0.6 is 0 Å². The largest absolute Gasteiger partial charge is 0.460 e. The van der Waals surface area contributed by atoms with Crippen LogP contribution in [0.25, 0.3) is 6.08 Å². The van der Waals surface area contributed by atoms with Crippen LogP contribution in [0.5, 0.6) is 0 Å². The second kappa shape index (κ2) is 17.3. The zero-order valence-electron chi connectivity index (χ0n) is 30.9. The molecule has 1 aromatic rings. The molecule has 6 rings (SSSR count). The Labute approximate surface area is 313 Å². The molecule has 0 aromatic heterocycles. The predicted octanol–water partition coefficient (Wildman–Crippen LogP) is 4.04. The molecule has 5 atom stereocenters. The van der Waals surface area contributed by atoms with Crippen molar-refractivity contribution in [2.45, 2.75) is 126 Å². The minimum Gasteiger partial charge on any atom is -0.460 e. The number of ether oxygens (including phenoxy) is 1. The predicted molar refractivity (Wildman–Crippen MR) is 201 cm³/mol. The molecule has 4 amide bonds. The molecule has 5 aliphatic rings. The highest BCUT2D eigenvalue weighted by molar-refractivity contribution is 7.91. The summed E-state index contributed by atoms with van der Waals surface area (Å²) < 4.78 is 33.6. The number of esters is 1. The number of benzene rings is 1. The summed E-state index contributed by atoms with van der Waals surface area (Å²) in [4.78, 5) is 70.3. The van der Waals surface area contributed by atoms with Crippen molar-refractivity contribution in [3.63, 3.8) is 0 Å². The Hall–Kier alpha value is -4.26. The van der Waals surface area contributed by atoms with E-state index in [1.54, 1.807) is 13.8 Å². The summed E-state index contributed by atoms with van der Waals surface area (Å²) in [7, 11) is -3.97. The van der Waals surface area contributed by atoms with Crippen LogP contribution in [0.1, 0.15) is 101 Å². The van der Waals surface area contributed by atoms with E-state index in [-0.39, 0.29) is 49.5 Å². The number of fused-ring (bicyclic) bond motifs is 12. The van der Waals surface area contributed by atoms with Gasteiger partial charge in [0.05, 0.1) is 17.7 Å².